The topological polar surface area (TPSA) is 44.4 Å². The van der Waals surface area contributed by atoms with Crippen molar-refractivity contribution in [1.29, 1.82) is 0 Å². The summed E-state index contributed by atoms with van der Waals surface area (Å²) in [6.07, 6.45) is 2.74. The van der Waals surface area contributed by atoms with Gasteiger partial charge < -0.3 is 14.2 Å². The van der Waals surface area contributed by atoms with Gasteiger partial charge in [-0.15, -0.1) is 10.2 Å². The summed E-state index contributed by atoms with van der Waals surface area (Å²) in [5.41, 5.74) is 0. The highest BCUT2D eigenvalue weighted by Gasteiger charge is 2.16. The van der Waals surface area contributed by atoms with Gasteiger partial charge in [-0.25, -0.2) is 0 Å². The Morgan fingerprint density at radius 2 is 1.96 bits per heavy atom. The molecule has 2 aromatic rings. The summed E-state index contributed by atoms with van der Waals surface area (Å²) < 4.78 is 7.93. The van der Waals surface area contributed by atoms with E-state index in [1.807, 2.05) is 24.3 Å². The van der Waals surface area contributed by atoms with E-state index in [2.05, 4.69) is 21.7 Å². The number of hydrogen-bond donors (Lipinski definition) is 1. The van der Waals surface area contributed by atoms with Gasteiger partial charge in [0.2, 0.25) is 0 Å². The first-order valence-electron chi connectivity index (χ1n) is 8.53. The van der Waals surface area contributed by atoms with E-state index >= 15 is 0 Å². The second kappa shape index (κ2) is 8.74. The largest absolute Gasteiger partial charge is 0.486 e. The van der Waals surface area contributed by atoms with E-state index < -0.39 is 0 Å². The highest BCUT2D eigenvalue weighted by Crippen LogP contribution is 2.19. The number of hydrogen-bond acceptors (Lipinski definition) is 4. The molecular weight excluding hydrogens is 344 g/mol. The van der Waals surface area contributed by atoms with Gasteiger partial charge in [-0.05, 0) is 31.2 Å². The van der Waals surface area contributed by atoms with Gasteiger partial charge in [-0.2, -0.15) is 0 Å². The average molecular weight is 368 g/mol. The summed E-state index contributed by atoms with van der Waals surface area (Å²) in [5, 5.41) is 10.3. The van der Waals surface area contributed by atoms with Gasteiger partial charge in [0.1, 0.15) is 12.4 Å². The number of thioether (sulfide) groups is 1. The van der Waals surface area contributed by atoms with Crippen LogP contribution >= 0.6 is 23.4 Å². The Labute approximate surface area is 152 Å². The molecule has 1 aliphatic heterocycles. The summed E-state index contributed by atoms with van der Waals surface area (Å²) in [6, 6.07) is 7.37. The lowest BCUT2D eigenvalue weighted by Crippen LogP contribution is -3.10. The molecule has 1 fully saturated rings. The molecule has 24 heavy (non-hydrogen) atoms. The molecule has 0 atom stereocenters. The maximum atomic E-state index is 5.89. The zero-order valence-corrected chi connectivity index (χ0v) is 15.6. The minimum atomic E-state index is 0.417. The molecule has 3 rings (SSSR count). The van der Waals surface area contributed by atoms with Crippen molar-refractivity contribution in [2.75, 3.05) is 25.4 Å². The predicted octanol–water partition coefficient (Wildman–Crippen LogP) is 2.30. The monoisotopic (exact) mass is 367 g/mol. The predicted molar refractivity (Wildman–Crippen MR) is 97.0 cm³/mol. The van der Waals surface area contributed by atoms with Crippen LogP contribution in [0.3, 0.4) is 0 Å². The van der Waals surface area contributed by atoms with Crippen LogP contribution in [0.1, 0.15) is 25.6 Å². The van der Waals surface area contributed by atoms with Crippen molar-refractivity contribution in [2.24, 2.45) is 0 Å². The first-order chi connectivity index (χ1) is 11.8. The van der Waals surface area contributed by atoms with E-state index in [-0.39, 0.29) is 0 Å². The minimum Gasteiger partial charge on any atom is -0.486 e. The molecule has 1 aromatic heterocycles. The van der Waals surface area contributed by atoms with Crippen LogP contribution in [0.5, 0.6) is 5.75 Å². The zero-order chi connectivity index (χ0) is 16.8. The Balaban J connectivity index is 1.53. The first-order valence-corrected chi connectivity index (χ1v) is 9.89. The third kappa shape index (κ3) is 4.65. The molecule has 0 bridgehead atoms. The van der Waals surface area contributed by atoms with Crippen LogP contribution in [0.15, 0.2) is 29.4 Å². The fourth-order valence-corrected chi connectivity index (χ4v) is 4.13. The maximum Gasteiger partial charge on any atom is 0.191 e. The molecule has 1 saturated heterocycles. The second-order valence-electron chi connectivity index (χ2n) is 5.94. The van der Waals surface area contributed by atoms with Crippen molar-refractivity contribution >= 4 is 23.4 Å². The summed E-state index contributed by atoms with van der Waals surface area (Å²) in [7, 11) is 0. The summed E-state index contributed by atoms with van der Waals surface area (Å²) in [6.45, 7) is 7.23. The standard InChI is InChI=1S/C17H23ClN4OS/c1-2-22-16(13-23-15-7-5-14(18)6-8-15)19-20-17(22)24-12-11-21-9-3-4-10-21/h5-8H,2-4,9-13H2,1H3/p+1. The Hall–Kier alpha value is -1.24. The zero-order valence-electron chi connectivity index (χ0n) is 14.0. The van der Waals surface area contributed by atoms with Crippen LogP contribution in [-0.4, -0.2) is 40.2 Å². The SMILES string of the molecule is CCn1c(COc2ccc(Cl)cc2)nnc1SCC[NH+]1CCCC1. The van der Waals surface area contributed by atoms with Crippen molar-refractivity contribution in [3.63, 3.8) is 0 Å². The fourth-order valence-electron chi connectivity index (χ4n) is 2.94. The van der Waals surface area contributed by atoms with Gasteiger partial charge in [0.05, 0.1) is 25.4 Å². The van der Waals surface area contributed by atoms with Gasteiger partial charge in [0, 0.05) is 24.4 Å². The van der Waals surface area contributed by atoms with Crippen LogP contribution in [0.25, 0.3) is 0 Å². The molecule has 7 heteroatoms. The van der Waals surface area contributed by atoms with Gasteiger partial charge in [-0.3, -0.25) is 0 Å². The van der Waals surface area contributed by atoms with Crippen LogP contribution in [0.2, 0.25) is 5.02 Å². The van der Waals surface area contributed by atoms with Gasteiger partial charge in [-0.1, -0.05) is 23.4 Å². The Kier molecular flexibility index (Phi) is 6.40. The molecule has 0 saturated carbocycles. The second-order valence-corrected chi connectivity index (χ2v) is 7.44. The molecule has 0 aliphatic carbocycles. The van der Waals surface area contributed by atoms with E-state index in [1.54, 1.807) is 16.7 Å². The summed E-state index contributed by atoms with van der Waals surface area (Å²) in [5.74, 6) is 2.74. The number of ether oxygens (including phenoxy) is 1. The number of rotatable bonds is 8. The van der Waals surface area contributed by atoms with E-state index in [0.717, 1.165) is 29.0 Å². The number of likely N-dealkylation sites (tertiary alicyclic amines) is 1. The smallest absolute Gasteiger partial charge is 0.191 e. The van der Waals surface area contributed by atoms with Crippen molar-refractivity contribution < 1.29 is 9.64 Å². The fraction of sp³-hybridized carbons (Fsp3) is 0.529. The van der Waals surface area contributed by atoms with E-state index in [1.165, 1.54) is 32.5 Å². The molecule has 0 unspecified atom stereocenters. The number of benzene rings is 1. The van der Waals surface area contributed by atoms with E-state index in [9.17, 15) is 0 Å². The molecular formula is C17H24ClN4OS+. The lowest BCUT2D eigenvalue weighted by molar-refractivity contribution is -0.884. The van der Waals surface area contributed by atoms with Crippen LogP contribution in [0, 0.1) is 0 Å². The highest BCUT2D eigenvalue weighted by atomic mass is 35.5. The molecule has 0 amide bonds. The quantitative estimate of drug-likeness (QED) is 0.727. The third-order valence-corrected chi connectivity index (χ3v) is 5.51. The molecule has 2 heterocycles. The van der Waals surface area contributed by atoms with E-state index in [0.29, 0.717) is 11.6 Å². The van der Waals surface area contributed by atoms with Crippen molar-refractivity contribution in [2.45, 2.75) is 38.1 Å². The van der Waals surface area contributed by atoms with Crippen molar-refractivity contribution in [3.8, 4) is 5.75 Å². The number of nitrogens with zero attached hydrogens (tertiary/aromatic N) is 3. The van der Waals surface area contributed by atoms with Gasteiger partial charge in [0.25, 0.3) is 0 Å². The van der Waals surface area contributed by atoms with Gasteiger partial charge >= 0.3 is 0 Å². The number of quaternary nitrogens is 1. The lowest BCUT2D eigenvalue weighted by atomic mass is 10.3. The number of halogens is 1. The normalized spacial score (nSPS) is 15.1. The maximum absolute atomic E-state index is 5.89. The Bertz CT molecular complexity index is 641. The molecule has 130 valence electrons. The average Bonchev–Trinajstić information content (AvgIpc) is 3.24. The summed E-state index contributed by atoms with van der Waals surface area (Å²) >= 11 is 7.69. The molecule has 0 spiro atoms. The Morgan fingerprint density at radius 1 is 1.21 bits per heavy atom. The third-order valence-electron chi connectivity index (χ3n) is 4.29. The molecule has 5 nitrogen and oxygen atoms in total. The highest BCUT2D eigenvalue weighted by molar-refractivity contribution is 7.99. The van der Waals surface area contributed by atoms with Crippen molar-refractivity contribution in [3.05, 3.63) is 35.1 Å². The molecule has 1 aromatic carbocycles. The number of nitrogens with one attached hydrogen (secondary N) is 1. The summed E-state index contributed by atoms with van der Waals surface area (Å²) in [4.78, 5) is 1.72. The Morgan fingerprint density at radius 3 is 2.67 bits per heavy atom. The molecule has 1 N–H and O–H groups in total. The number of aromatic nitrogens is 3. The molecule has 1 aliphatic rings. The van der Waals surface area contributed by atoms with Crippen LogP contribution in [-0.2, 0) is 13.2 Å². The minimum absolute atomic E-state index is 0.417. The van der Waals surface area contributed by atoms with E-state index in [4.69, 9.17) is 16.3 Å². The van der Waals surface area contributed by atoms with Crippen molar-refractivity contribution in [1.82, 2.24) is 14.8 Å². The van der Waals surface area contributed by atoms with Crippen LogP contribution < -0.4 is 9.64 Å². The molecule has 0 radical (unpaired) electrons. The van der Waals surface area contributed by atoms with Gasteiger partial charge in [0.15, 0.2) is 11.0 Å². The first kappa shape index (κ1) is 17.6. The lowest BCUT2D eigenvalue weighted by Gasteiger charge is -2.12. The van der Waals surface area contributed by atoms with Crippen LogP contribution in [0.4, 0.5) is 0 Å².